The maximum absolute atomic E-state index is 9.26. The fraction of sp³-hybridized carbons (Fsp3) is 0.286. The van der Waals surface area contributed by atoms with Crippen LogP contribution in [0.15, 0.2) is 42.1 Å². The molecule has 94 valence electrons. The van der Waals surface area contributed by atoms with Gasteiger partial charge in [0.25, 0.3) is 0 Å². The normalized spacial score (nSPS) is 12.1. The van der Waals surface area contributed by atoms with E-state index in [1.54, 1.807) is 11.0 Å². The van der Waals surface area contributed by atoms with Crippen LogP contribution in [0.3, 0.4) is 0 Å². The summed E-state index contributed by atoms with van der Waals surface area (Å²) < 4.78 is 0. The van der Waals surface area contributed by atoms with Gasteiger partial charge in [0.2, 0.25) is 0 Å². The number of hydrogen-bond acceptors (Lipinski definition) is 3. The predicted octanol–water partition coefficient (Wildman–Crippen LogP) is 2.30. The molecule has 0 aliphatic rings. The molecule has 0 saturated carbocycles. The van der Waals surface area contributed by atoms with Crippen LogP contribution in [-0.4, -0.2) is 26.7 Å². The van der Waals surface area contributed by atoms with Gasteiger partial charge in [-0.05, 0) is 29.7 Å². The van der Waals surface area contributed by atoms with Gasteiger partial charge in [0, 0.05) is 0 Å². The Hall–Kier alpha value is -1.94. The number of benzene rings is 1. The van der Waals surface area contributed by atoms with Crippen molar-refractivity contribution in [2.75, 3.05) is 6.61 Å². The minimum absolute atomic E-state index is 0.0515. The topological polar surface area (TPSA) is 50.9 Å². The van der Waals surface area contributed by atoms with Gasteiger partial charge in [0.1, 0.15) is 5.69 Å². The zero-order valence-corrected chi connectivity index (χ0v) is 10.6. The lowest BCUT2D eigenvalue weighted by Gasteiger charge is -2.06. The third-order valence-electron chi connectivity index (χ3n) is 2.75. The summed E-state index contributed by atoms with van der Waals surface area (Å²) in [5, 5.41) is 17.8. The summed E-state index contributed by atoms with van der Waals surface area (Å²) in [6, 6.07) is 9.74. The van der Waals surface area contributed by atoms with Crippen molar-refractivity contribution < 1.29 is 5.11 Å². The number of nitrogens with zero attached hydrogens (tertiary/aromatic N) is 3. The Kier molecular flexibility index (Phi) is 3.89. The Morgan fingerprint density at radius 3 is 2.67 bits per heavy atom. The van der Waals surface area contributed by atoms with Gasteiger partial charge in [-0.3, -0.25) is 0 Å². The number of aliphatic hydroxyl groups excluding tert-OH is 1. The van der Waals surface area contributed by atoms with Crippen LogP contribution >= 0.6 is 0 Å². The second kappa shape index (κ2) is 5.60. The maximum Gasteiger partial charge on any atom is 0.106 e. The van der Waals surface area contributed by atoms with Crippen molar-refractivity contribution >= 4 is 6.08 Å². The molecule has 0 bridgehead atoms. The maximum atomic E-state index is 9.26. The highest BCUT2D eigenvalue weighted by atomic mass is 16.3. The summed E-state index contributed by atoms with van der Waals surface area (Å²) in [4.78, 5) is 1.58. The zero-order chi connectivity index (χ0) is 13.0. The first-order chi connectivity index (χ1) is 8.70. The van der Waals surface area contributed by atoms with E-state index in [-0.39, 0.29) is 6.61 Å². The molecule has 2 aromatic rings. The molecule has 18 heavy (non-hydrogen) atoms. The largest absolute Gasteiger partial charge is 0.392 e. The van der Waals surface area contributed by atoms with E-state index in [1.165, 1.54) is 0 Å². The molecule has 1 N–H and O–H groups in total. The molecular formula is C14H17N3O. The van der Waals surface area contributed by atoms with Crippen LogP contribution in [0, 0.1) is 5.92 Å². The summed E-state index contributed by atoms with van der Waals surface area (Å²) >= 11 is 0. The summed E-state index contributed by atoms with van der Waals surface area (Å²) in [6.07, 6.45) is 3.59. The average molecular weight is 243 g/mol. The first-order valence-corrected chi connectivity index (χ1v) is 6.00. The summed E-state index contributed by atoms with van der Waals surface area (Å²) in [6.45, 7) is 4.14. The molecule has 0 atom stereocenters. The van der Waals surface area contributed by atoms with E-state index < -0.39 is 0 Å². The summed E-state index contributed by atoms with van der Waals surface area (Å²) in [5.41, 5.74) is 2.64. The number of rotatable bonds is 4. The average Bonchev–Trinajstić information content (AvgIpc) is 2.85. The number of hydrogen-bond donors (Lipinski definition) is 1. The molecular weight excluding hydrogens is 226 g/mol. The van der Waals surface area contributed by atoms with E-state index in [2.05, 4.69) is 10.2 Å². The lowest BCUT2D eigenvalue weighted by molar-refractivity contribution is 0.320. The second-order valence-electron chi connectivity index (χ2n) is 4.43. The highest BCUT2D eigenvalue weighted by Crippen LogP contribution is 2.13. The van der Waals surface area contributed by atoms with E-state index in [1.807, 2.05) is 50.3 Å². The van der Waals surface area contributed by atoms with E-state index in [4.69, 9.17) is 0 Å². The van der Waals surface area contributed by atoms with Crippen LogP contribution in [0.25, 0.3) is 11.8 Å². The van der Waals surface area contributed by atoms with Crippen LogP contribution in [0.4, 0.5) is 0 Å². The first-order valence-electron chi connectivity index (χ1n) is 6.00. The van der Waals surface area contributed by atoms with Crippen LogP contribution in [-0.2, 0) is 0 Å². The lowest BCUT2D eigenvalue weighted by atomic mass is 10.0. The Morgan fingerprint density at radius 2 is 2.06 bits per heavy atom. The van der Waals surface area contributed by atoms with Gasteiger partial charge < -0.3 is 5.11 Å². The van der Waals surface area contributed by atoms with E-state index in [0.717, 1.165) is 17.0 Å². The van der Waals surface area contributed by atoms with Crippen molar-refractivity contribution in [3.05, 3.63) is 47.8 Å². The molecule has 0 radical (unpaired) electrons. The number of aromatic nitrogens is 3. The van der Waals surface area contributed by atoms with Crippen LogP contribution in [0.1, 0.15) is 19.5 Å². The molecule has 0 unspecified atom stereocenters. The highest BCUT2D eigenvalue weighted by molar-refractivity contribution is 5.48. The summed E-state index contributed by atoms with van der Waals surface area (Å²) in [7, 11) is 0. The predicted molar refractivity (Wildman–Crippen MR) is 71.3 cm³/mol. The smallest absolute Gasteiger partial charge is 0.106 e. The quantitative estimate of drug-likeness (QED) is 0.896. The van der Waals surface area contributed by atoms with Crippen molar-refractivity contribution in [3.8, 4) is 5.69 Å². The molecule has 4 nitrogen and oxygen atoms in total. The Morgan fingerprint density at radius 1 is 1.33 bits per heavy atom. The SMILES string of the molecule is CC(C)C(=Cc1cnn(-c2ccccc2)n1)CO. The molecule has 0 saturated heterocycles. The fourth-order valence-electron chi connectivity index (χ4n) is 1.61. The van der Waals surface area contributed by atoms with Gasteiger partial charge in [-0.25, -0.2) is 0 Å². The molecule has 0 amide bonds. The van der Waals surface area contributed by atoms with Crippen LogP contribution in [0.2, 0.25) is 0 Å². The monoisotopic (exact) mass is 243 g/mol. The van der Waals surface area contributed by atoms with Crippen LogP contribution in [0.5, 0.6) is 0 Å². The minimum atomic E-state index is 0.0515. The Balaban J connectivity index is 2.26. The fourth-order valence-corrected chi connectivity index (χ4v) is 1.61. The molecule has 2 rings (SSSR count). The van der Waals surface area contributed by atoms with Crippen molar-refractivity contribution in [3.63, 3.8) is 0 Å². The van der Waals surface area contributed by atoms with E-state index >= 15 is 0 Å². The molecule has 0 aliphatic heterocycles. The molecule has 0 spiro atoms. The number of aliphatic hydroxyl groups is 1. The van der Waals surface area contributed by atoms with E-state index in [9.17, 15) is 5.11 Å². The van der Waals surface area contributed by atoms with Gasteiger partial charge in [0.15, 0.2) is 0 Å². The number of para-hydroxylation sites is 1. The van der Waals surface area contributed by atoms with Crippen molar-refractivity contribution in [2.24, 2.45) is 5.92 Å². The Labute approximate surface area is 107 Å². The molecule has 1 aromatic heterocycles. The van der Waals surface area contributed by atoms with Crippen molar-refractivity contribution in [2.45, 2.75) is 13.8 Å². The van der Waals surface area contributed by atoms with E-state index in [0.29, 0.717) is 5.92 Å². The van der Waals surface area contributed by atoms with Gasteiger partial charge in [-0.1, -0.05) is 32.0 Å². The molecule has 4 heteroatoms. The Bertz CT molecular complexity index is 529. The second-order valence-corrected chi connectivity index (χ2v) is 4.43. The standard InChI is InChI=1S/C14H17N3O/c1-11(2)12(10-18)8-13-9-15-17(16-13)14-6-4-3-5-7-14/h3-9,11,18H,10H2,1-2H3. The third kappa shape index (κ3) is 2.84. The van der Waals surface area contributed by atoms with Crippen LogP contribution < -0.4 is 0 Å². The molecule has 1 aromatic carbocycles. The highest BCUT2D eigenvalue weighted by Gasteiger charge is 2.05. The van der Waals surface area contributed by atoms with Gasteiger partial charge in [-0.2, -0.15) is 9.90 Å². The minimum Gasteiger partial charge on any atom is -0.392 e. The molecule has 0 fully saturated rings. The van der Waals surface area contributed by atoms with Gasteiger partial charge >= 0.3 is 0 Å². The third-order valence-corrected chi connectivity index (χ3v) is 2.75. The van der Waals surface area contributed by atoms with Gasteiger partial charge in [-0.15, -0.1) is 5.10 Å². The van der Waals surface area contributed by atoms with Crippen molar-refractivity contribution in [1.29, 1.82) is 0 Å². The lowest BCUT2D eigenvalue weighted by Crippen LogP contribution is -2.00. The molecule has 1 heterocycles. The van der Waals surface area contributed by atoms with Crippen molar-refractivity contribution in [1.82, 2.24) is 15.0 Å². The zero-order valence-electron chi connectivity index (χ0n) is 10.6. The van der Waals surface area contributed by atoms with Gasteiger partial charge in [0.05, 0.1) is 18.5 Å². The summed E-state index contributed by atoms with van der Waals surface area (Å²) in [5.74, 6) is 0.303. The first kappa shape index (κ1) is 12.5. The molecule has 0 aliphatic carbocycles.